The van der Waals surface area contributed by atoms with Crippen LogP contribution >= 0.6 is 0 Å². The lowest BCUT2D eigenvalue weighted by molar-refractivity contribution is -0.132. The molecule has 2 N–H and O–H groups in total. The fourth-order valence-corrected chi connectivity index (χ4v) is 4.81. The first-order valence-corrected chi connectivity index (χ1v) is 11.2. The minimum atomic E-state index is -0.802. The highest BCUT2D eigenvalue weighted by molar-refractivity contribution is 6.51. The van der Waals surface area contributed by atoms with Gasteiger partial charge in [0.25, 0.3) is 11.7 Å². The first kappa shape index (κ1) is 21.0. The molecule has 1 saturated heterocycles. The number of hydrogen-bond acceptors (Lipinski definition) is 4. The molecule has 1 heterocycles. The first-order chi connectivity index (χ1) is 15.9. The predicted octanol–water partition coefficient (Wildman–Crippen LogP) is 5.21. The second kappa shape index (κ2) is 8.24. The number of carbonyl (C=O) groups excluding carboxylic acids is 2. The van der Waals surface area contributed by atoms with Gasteiger partial charge in [-0.3, -0.25) is 14.5 Å². The average molecular weight is 440 g/mol. The van der Waals surface area contributed by atoms with E-state index in [0.717, 1.165) is 31.2 Å². The lowest BCUT2D eigenvalue weighted by Gasteiger charge is -2.25. The molecule has 1 fully saturated rings. The minimum absolute atomic E-state index is 0.0574. The lowest BCUT2D eigenvalue weighted by atomic mass is 9.88. The van der Waals surface area contributed by atoms with Crippen molar-refractivity contribution < 1.29 is 19.8 Å². The van der Waals surface area contributed by atoms with E-state index >= 15 is 0 Å². The molecule has 0 saturated carbocycles. The molecule has 3 aromatic carbocycles. The largest absolute Gasteiger partial charge is 0.508 e. The van der Waals surface area contributed by atoms with Crippen LogP contribution in [0.5, 0.6) is 5.75 Å². The average Bonchev–Trinajstić information content (AvgIpc) is 3.10. The van der Waals surface area contributed by atoms with Gasteiger partial charge in [0.1, 0.15) is 11.5 Å². The number of aliphatic hydroxyl groups excluding tert-OH is 1. The van der Waals surface area contributed by atoms with Gasteiger partial charge in [0, 0.05) is 11.3 Å². The van der Waals surface area contributed by atoms with Gasteiger partial charge in [0.15, 0.2) is 0 Å². The van der Waals surface area contributed by atoms with Gasteiger partial charge in [0.2, 0.25) is 0 Å². The summed E-state index contributed by atoms with van der Waals surface area (Å²) >= 11 is 0. The molecule has 1 amide bonds. The molecular formula is C28H25NO4. The fraction of sp³-hybridized carbons (Fsp3) is 0.214. The molecule has 33 heavy (non-hydrogen) atoms. The van der Waals surface area contributed by atoms with Crippen molar-refractivity contribution in [2.75, 3.05) is 4.90 Å². The van der Waals surface area contributed by atoms with Crippen LogP contribution in [0.1, 0.15) is 46.7 Å². The lowest BCUT2D eigenvalue weighted by Crippen LogP contribution is -2.29. The second-order valence-corrected chi connectivity index (χ2v) is 8.79. The quantitative estimate of drug-likeness (QED) is 0.334. The van der Waals surface area contributed by atoms with Crippen molar-refractivity contribution in [3.8, 4) is 5.75 Å². The summed E-state index contributed by atoms with van der Waals surface area (Å²) in [7, 11) is 0. The monoisotopic (exact) mass is 439 g/mol. The van der Waals surface area contributed by atoms with Gasteiger partial charge in [-0.1, -0.05) is 42.0 Å². The number of phenols is 1. The number of phenolic OH excluding ortho intramolecular Hbond substituents is 1. The summed E-state index contributed by atoms with van der Waals surface area (Å²) in [6.45, 7) is 1.95. The maximum Gasteiger partial charge on any atom is 0.300 e. The van der Waals surface area contributed by atoms with E-state index < -0.39 is 17.7 Å². The third-order valence-corrected chi connectivity index (χ3v) is 6.59. The number of Topliss-reactive ketones (excluding diaryl/α,β-unsaturated/α-hetero) is 1. The summed E-state index contributed by atoms with van der Waals surface area (Å²) in [5, 5.41) is 21.1. The van der Waals surface area contributed by atoms with E-state index in [2.05, 4.69) is 0 Å². The molecule has 0 spiro atoms. The number of anilines is 1. The molecule has 0 aromatic heterocycles. The number of aryl methyl sites for hydroxylation is 3. The van der Waals surface area contributed by atoms with Crippen molar-refractivity contribution in [1.82, 2.24) is 0 Å². The van der Waals surface area contributed by atoms with E-state index in [9.17, 15) is 19.8 Å². The number of benzene rings is 3. The number of aromatic hydroxyl groups is 1. The molecule has 3 aromatic rings. The Balaban J connectivity index is 1.68. The maximum absolute atomic E-state index is 13.3. The Morgan fingerprint density at radius 3 is 2.24 bits per heavy atom. The van der Waals surface area contributed by atoms with Crippen LogP contribution in [0.2, 0.25) is 0 Å². The second-order valence-electron chi connectivity index (χ2n) is 8.79. The number of rotatable bonds is 3. The number of aliphatic hydroxyl groups is 1. The Kier molecular flexibility index (Phi) is 5.25. The number of nitrogens with zero attached hydrogens (tertiary/aromatic N) is 1. The number of hydrogen-bond donors (Lipinski definition) is 2. The SMILES string of the molecule is Cc1ccc(N2C(=O)C(=O)/C(=C(\O)c3ccc4c(c3)CCCC4)C2c2ccc(O)cc2)cc1. The van der Waals surface area contributed by atoms with Crippen LogP contribution in [0.15, 0.2) is 72.3 Å². The zero-order chi connectivity index (χ0) is 23.1. The van der Waals surface area contributed by atoms with E-state index in [-0.39, 0.29) is 17.1 Å². The van der Waals surface area contributed by atoms with Crippen molar-refractivity contribution in [3.05, 3.63) is 100 Å². The van der Waals surface area contributed by atoms with Crippen LogP contribution in [0.4, 0.5) is 5.69 Å². The summed E-state index contributed by atoms with van der Waals surface area (Å²) in [6, 6.07) is 18.7. The molecule has 1 atom stereocenters. The van der Waals surface area contributed by atoms with Crippen LogP contribution in [0, 0.1) is 6.92 Å². The Hall–Kier alpha value is -3.86. The third-order valence-electron chi connectivity index (χ3n) is 6.59. The highest BCUT2D eigenvalue weighted by atomic mass is 16.3. The Labute approximate surface area is 192 Å². The zero-order valence-corrected chi connectivity index (χ0v) is 18.4. The van der Waals surface area contributed by atoms with Crippen molar-refractivity contribution in [2.24, 2.45) is 0 Å². The summed E-state index contributed by atoms with van der Waals surface area (Å²) in [6.07, 6.45) is 4.21. The maximum atomic E-state index is 13.3. The van der Waals surface area contributed by atoms with Crippen molar-refractivity contribution in [2.45, 2.75) is 38.6 Å². The van der Waals surface area contributed by atoms with E-state index in [4.69, 9.17) is 0 Å². The predicted molar refractivity (Wildman–Crippen MR) is 127 cm³/mol. The Bertz CT molecular complexity index is 1270. The molecule has 0 bridgehead atoms. The van der Waals surface area contributed by atoms with Crippen molar-refractivity contribution in [3.63, 3.8) is 0 Å². The molecule has 166 valence electrons. The molecular weight excluding hydrogens is 414 g/mol. The van der Waals surface area contributed by atoms with Crippen molar-refractivity contribution >= 4 is 23.1 Å². The number of ketones is 1. The summed E-state index contributed by atoms with van der Waals surface area (Å²) in [5.41, 5.74) is 5.29. The summed E-state index contributed by atoms with van der Waals surface area (Å²) < 4.78 is 0. The smallest absolute Gasteiger partial charge is 0.300 e. The first-order valence-electron chi connectivity index (χ1n) is 11.2. The molecule has 2 aliphatic rings. The molecule has 5 rings (SSSR count). The molecule has 1 unspecified atom stereocenters. The van der Waals surface area contributed by atoms with Crippen LogP contribution in [0.3, 0.4) is 0 Å². The van der Waals surface area contributed by atoms with Gasteiger partial charge in [-0.25, -0.2) is 0 Å². The van der Waals surface area contributed by atoms with E-state index in [1.165, 1.54) is 28.2 Å². The number of fused-ring (bicyclic) bond motifs is 1. The van der Waals surface area contributed by atoms with Crippen LogP contribution in [-0.2, 0) is 22.4 Å². The van der Waals surface area contributed by atoms with Crippen LogP contribution in [0.25, 0.3) is 5.76 Å². The molecule has 1 aliphatic carbocycles. The summed E-state index contributed by atoms with van der Waals surface area (Å²) in [4.78, 5) is 27.9. The minimum Gasteiger partial charge on any atom is -0.508 e. The van der Waals surface area contributed by atoms with E-state index in [0.29, 0.717) is 16.8 Å². The molecule has 1 aliphatic heterocycles. The van der Waals surface area contributed by atoms with Crippen molar-refractivity contribution in [1.29, 1.82) is 0 Å². The fourth-order valence-electron chi connectivity index (χ4n) is 4.81. The van der Waals surface area contributed by atoms with Crippen LogP contribution in [-0.4, -0.2) is 21.9 Å². The van der Waals surface area contributed by atoms with Gasteiger partial charge in [-0.15, -0.1) is 0 Å². The van der Waals surface area contributed by atoms with Gasteiger partial charge in [-0.2, -0.15) is 0 Å². The van der Waals surface area contributed by atoms with Crippen LogP contribution < -0.4 is 4.90 Å². The summed E-state index contributed by atoms with van der Waals surface area (Å²) in [5.74, 6) is -1.49. The molecule has 5 heteroatoms. The van der Waals surface area contributed by atoms with Gasteiger partial charge >= 0.3 is 0 Å². The van der Waals surface area contributed by atoms with E-state index in [1.807, 2.05) is 37.3 Å². The normalized spacial score (nSPS) is 19.5. The number of carbonyl (C=O) groups is 2. The Morgan fingerprint density at radius 1 is 0.879 bits per heavy atom. The van der Waals surface area contributed by atoms with Gasteiger partial charge < -0.3 is 10.2 Å². The zero-order valence-electron chi connectivity index (χ0n) is 18.4. The highest BCUT2D eigenvalue weighted by Gasteiger charge is 2.47. The van der Waals surface area contributed by atoms with Gasteiger partial charge in [0.05, 0.1) is 11.6 Å². The number of amides is 1. The molecule has 5 nitrogen and oxygen atoms in total. The Morgan fingerprint density at radius 2 is 1.55 bits per heavy atom. The van der Waals surface area contributed by atoms with Gasteiger partial charge in [-0.05, 0) is 79.6 Å². The third kappa shape index (κ3) is 3.69. The topological polar surface area (TPSA) is 77.8 Å². The standard InChI is InChI=1S/C28H25NO4/c1-17-6-12-22(13-7-17)29-25(19-10-14-23(30)15-11-19)24(27(32)28(29)33)26(31)21-9-8-18-4-2-3-5-20(18)16-21/h6-16,25,30-31H,2-5H2,1H3/b26-24-. The van der Waals surface area contributed by atoms with E-state index in [1.54, 1.807) is 24.3 Å². The molecule has 0 radical (unpaired) electrons. The highest BCUT2D eigenvalue weighted by Crippen LogP contribution is 2.42.